The van der Waals surface area contributed by atoms with Crippen LogP contribution in [-0.2, 0) is 9.59 Å². The van der Waals surface area contributed by atoms with Crippen molar-refractivity contribution in [3.8, 4) is 0 Å². The Bertz CT molecular complexity index is 846. The molecule has 3 heterocycles. The minimum Gasteiger partial charge on any atom is -0.468 e. The van der Waals surface area contributed by atoms with E-state index < -0.39 is 11.6 Å². The SMILES string of the molecule is C[C@@H]1CC(C)(C)C[C@]2(C1)NC(=O)N(CC(=O)NC[C@@H](c1ccco1)N1CCCCC1)C2=O. The number of imide groups is 1. The molecule has 3 aliphatic rings. The first kappa shape index (κ1) is 22.8. The third-order valence-electron chi connectivity index (χ3n) is 7.12. The number of urea groups is 1. The lowest BCUT2D eigenvalue weighted by atomic mass is 9.64. The minimum atomic E-state index is -0.886. The van der Waals surface area contributed by atoms with E-state index in [-0.39, 0.29) is 29.8 Å². The molecule has 0 radical (unpaired) electrons. The van der Waals surface area contributed by atoms with Gasteiger partial charge in [-0.3, -0.25) is 19.4 Å². The van der Waals surface area contributed by atoms with Crippen LogP contribution in [0.25, 0.3) is 0 Å². The van der Waals surface area contributed by atoms with Crippen molar-refractivity contribution >= 4 is 17.8 Å². The van der Waals surface area contributed by atoms with Gasteiger partial charge in [-0.05, 0) is 68.7 Å². The second-order valence-electron chi connectivity index (χ2n) is 10.7. The molecular formula is C24H36N4O4. The number of furan rings is 1. The van der Waals surface area contributed by atoms with Gasteiger partial charge in [0.05, 0.1) is 12.3 Å². The molecule has 4 amide bonds. The van der Waals surface area contributed by atoms with Gasteiger partial charge in [-0.15, -0.1) is 0 Å². The highest BCUT2D eigenvalue weighted by atomic mass is 16.3. The molecule has 0 aromatic carbocycles. The van der Waals surface area contributed by atoms with Crippen molar-refractivity contribution in [2.24, 2.45) is 11.3 Å². The van der Waals surface area contributed by atoms with Crippen LogP contribution in [0.5, 0.6) is 0 Å². The number of nitrogens with one attached hydrogen (secondary N) is 2. The third-order valence-corrected chi connectivity index (χ3v) is 7.12. The molecule has 176 valence electrons. The van der Waals surface area contributed by atoms with Gasteiger partial charge in [0, 0.05) is 6.54 Å². The van der Waals surface area contributed by atoms with E-state index in [0.29, 0.717) is 25.3 Å². The number of piperidine rings is 1. The van der Waals surface area contributed by atoms with Gasteiger partial charge in [-0.2, -0.15) is 0 Å². The highest BCUT2D eigenvalue weighted by molar-refractivity contribution is 6.09. The second kappa shape index (κ2) is 8.89. The predicted octanol–water partition coefficient (Wildman–Crippen LogP) is 3.06. The molecule has 0 bridgehead atoms. The average molecular weight is 445 g/mol. The molecule has 8 heteroatoms. The Balaban J connectivity index is 1.39. The molecule has 1 aliphatic carbocycles. The largest absolute Gasteiger partial charge is 0.468 e. The number of rotatable bonds is 6. The van der Waals surface area contributed by atoms with E-state index in [2.05, 4.69) is 36.3 Å². The summed E-state index contributed by atoms with van der Waals surface area (Å²) in [4.78, 5) is 42.1. The van der Waals surface area contributed by atoms with E-state index in [1.54, 1.807) is 6.26 Å². The van der Waals surface area contributed by atoms with Crippen LogP contribution in [0, 0.1) is 11.3 Å². The summed E-state index contributed by atoms with van der Waals surface area (Å²) < 4.78 is 5.63. The molecule has 1 spiro atoms. The molecule has 0 unspecified atom stereocenters. The Morgan fingerprint density at radius 2 is 2.00 bits per heavy atom. The van der Waals surface area contributed by atoms with Crippen molar-refractivity contribution in [1.82, 2.24) is 20.4 Å². The Morgan fingerprint density at radius 1 is 1.25 bits per heavy atom. The fraction of sp³-hybridized carbons (Fsp3) is 0.708. The van der Waals surface area contributed by atoms with E-state index in [0.717, 1.165) is 43.0 Å². The molecule has 32 heavy (non-hydrogen) atoms. The third kappa shape index (κ3) is 4.70. The molecule has 1 aromatic heterocycles. The monoisotopic (exact) mass is 444 g/mol. The number of likely N-dealkylation sites (tertiary alicyclic amines) is 1. The van der Waals surface area contributed by atoms with Gasteiger partial charge in [0.1, 0.15) is 17.8 Å². The van der Waals surface area contributed by atoms with Crippen LogP contribution in [0.2, 0.25) is 0 Å². The minimum absolute atomic E-state index is 0.0381. The van der Waals surface area contributed by atoms with Crippen molar-refractivity contribution in [3.63, 3.8) is 0 Å². The summed E-state index contributed by atoms with van der Waals surface area (Å²) in [6.45, 7) is 8.43. The zero-order chi connectivity index (χ0) is 22.9. The normalized spacial score (nSPS) is 29.2. The van der Waals surface area contributed by atoms with E-state index in [1.807, 2.05) is 12.1 Å². The Hall–Kier alpha value is -2.35. The van der Waals surface area contributed by atoms with Crippen LogP contribution in [0.15, 0.2) is 22.8 Å². The Morgan fingerprint density at radius 3 is 2.66 bits per heavy atom. The fourth-order valence-electron chi connectivity index (χ4n) is 6.18. The van der Waals surface area contributed by atoms with E-state index in [4.69, 9.17) is 4.42 Å². The van der Waals surface area contributed by atoms with Gasteiger partial charge in [-0.1, -0.05) is 27.2 Å². The van der Waals surface area contributed by atoms with Gasteiger partial charge in [-0.25, -0.2) is 4.79 Å². The molecule has 2 saturated heterocycles. The number of carbonyl (C=O) groups is 3. The van der Waals surface area contributed by atoms with Gasteiger partial charge in [0.25, 0.3) is 5.91 Å². The first-order chi connectivity index (χ1) is 15.2. The number of nitrogens with zero attached hydrogens (tertiary/aromatic N) is 2. The maximum atomic E-state index is 13.3. The van der Waals surface area contributed by atoms with E-state index in [1.165, 1.54) is 6.42 Å². The molecule has 3 fully saturated rings. The molecule has 1 saturated carbocycles. The second-order valence-corrected chi connectivity index (χ2v) is 10.7. The zero-order valence-corrected chi connectivity index (χ0v) is 19.5. The smallest absolute Gasteiger partial charge is 0.325 e. The Labute approximate surface area is 190 Å². The van der Waals surface area contributed by atoms with Crippen molar-refractivity contribution in [2.45, 2.75) is 70.9 Å². The van der Waals surface area contributed by atoms with Crippen LogP contribution in [0.4, 0.5) is 4.79 Å². The lowest BCUT2D eigenvalue weighted by molar-refractivity contribution is -0.137. The van der Waals surface area contributed by atoms with Gasteiger partial charge < -0.3 is 15.1 Å². The summed E-state index contributed by atoms with van der Waals surface area (Å²) in [5.41, 5.74) is -0.924. The van der Waals surface area contributed by atoms with Crippen LogP contribution < -0.4 is 10.6 Å². The molecule has 2 N–H and O–H groups in total. The maximum absolute atomic E-state index is 13.3. The summed E-state index contributed by atoms with van der Waals surface area (Å²) in [6, 6.07) is 3.27. The first-order valence-electron chi connectivity index (χ1n) is 11.9. The summed E-state index contributed by atoms with van der Waals surface area (Å²) >= 11 is 0. The van der Waals surface area contributed by atoms with Crippen LogP contribution in [0.3, 0.4) is 0 Å². The van der Waals surface area contributed by atoms with Crippen molar-refractivity contribution < 1.29 is 18.8 Å². The number of hydrogen-bond acceptors (Lipinski definition) is 5. The molecule has 8 nitrogen and oxygen atoms in total. The molecule has 3 atom stereocenters. The number of amides is 4. The lowest BCUT2D eigenvalue weighted by Crippen LogP contribution is -2.54. The predicted molar refractivity (Wildman–Crippen MR) is 120 cm³/mol. The molecule has 4 rings (SSSR count). The van der Waals surface area contributed by atoms with Gasteiger partial charge in [0.2, 0.25) is 5.91 Å². The standard InChI is InChI=1S/C24H36N4O4/c1-17-12-23(2,3)16-24(13-17)21(30)28(22(31)26-24)15-20(29)25-14-18(19-8-7-11-32-19)27-9-5-4-6-10-27/h7-8,11,17-18H,4-6,9-10,12-16H2,1-3H3,(H,25,29)(H,26,31)/t17-,18+,24+/m1/s1. The van der Waals surface area contributed by atoms with E-state index in [9.17, 15) is 14.4 Å². The summed E-state index contributed by atoms with van der Waals surface area (Å²) in [5.74, 6) is 0.549. The quantitative estimate of drug-likeness (QED) is 0.658. The first-order valence-corrected chi connectivity index (χ1v) is 11.9. The summed E-state index contributed by atoms with van der Waals surface area (Å²) in [7, 11) is 0. The topological polar surface area (TPSA) is 94.9 Å². The molecule has 2 aliphatic heterocycles. The van der Waals surface area contributed by atoms with Crippen LogP contribution in [-0.4, -0.2) is 59.4 Å². The lowest BCUT2D eigenvalue weighted by Gasteiger charge is -2.43. The van der Waals surface area contributed by atoms with Gasteiger partial charge in [0.15, 0.2) is 0 Å². The number of carbonyl (C=O) groups excluding carboxylic acids is 3. The number of hydrogen-bond donors (Lipinski definition) is 2. The summed E-state index contributed by atoms with van der Waals surface area (Å²) in [6.07, 6.45) is 7.36. The fourth-order valence-corrected chi connectivity index (χ4v) is 6.18. The van der Waals surface area contributed by atoms with Crippen molar-refractivity contribution in [1.29, 1.82) is 0 Å². The molecular weight excluding hydrogens is 408 g/mol. The van der Waals surface area contributed by atoms with E-state index >= 15 is 0 Å². The highest BCUT2D eigenvalue weighted by Crippen LogP contribution is 2.46. The summed E-state index contributed by atoms with van der Waals surface area (Å²) in [5, 5.41) is 5.87. The van der Waals surface area contributed by atoms with Crippen molar-refractivity contribution in [2.75, 3.05) is 26.2 Å². The zero-order valence-electron chi connectivity index (χ0n) is 19.5. The van der Waals surface area contributed by atoms with Gasteiger partial charge >= 0.3 is 6.03 Å². The van der Waals surface area contributed by atoms with Crippen molar-refractivity contribution in [3.05, 3.63) is 24.2 Å². The average Bonchev–Trinajstić information content (AvgIpc) is 3.31. The molecule has 1 aromatic rings. The maximum Gasteiger partial charge on any atom is 0.325 e. The van der Waals surface area contributed by atoms with Crippen LogP contribution >= 0.6 is 0 Å². The Kier molecular flexibility index (Phi) is 6.34. The van der Waals surface area contributed by atoms with Crippen LogP contribution in [0.1, 0.15) is 71.1 Å². The highest BCUT2D eigenvalue weighted by Gasteiger charge is 2.56.